The van der Waals surface area contributed by atoms with Crippen LogP contribution in [0.25, 0.3) is 16.8 Å². The molecule has 1 aliphatic heterocycles. The van der Waals surface area contributed by atoms with Crippen LogP contribution in [-0.4, -0.2) is 35.1 Å². The highest BCUT2D eigenvalue weighted by Crippen LogP contribution is 2.36. The van der Waals surface area contributed by atoms with Crippen molar-refractivity contribution in [2.24, 2.45) is 5.73 Å². The van der Waals surface area contributed by atoms with Crippen LogP contribution in [0.4, 0.5) is 4.79 Å². The smallest absolute Gasteiger partial charge is 0.294 e. The van der Waals surface area contributed by atoms with Crippen LogP contribution < -0.4 is 10.5 Å². The van der Waals surface area contributed by atoms with Crippen molar-refractivity contribution in [1.29, 1.82) is 0 Å². The minimum Gasteiger partial charge on any atom is -0.493 e. The van der Waals surface area contributed by atoms with Gasteiger partial charge in [0, 0.05) is 5.56 Å². The zero-order valence-corrected chi connectivity index (χ0v) is 14.3. The van der Waals surface area contributed by atoms with Crippen molar-refractivity contribution >= 4 is 45.7 Å². The van der Waals surface area contributed by atoms with E-state index in [2.05, 4.69) is 0 Å². The maximum atomic E-state index is 12.4. The summed E-state index contributed by atoms with van der Waals surface area (Å²) in [4.78, 5) is 36.6. The normalized spacial score (nSPS) is 16.0. The summed E-state index contributed by atoms with van der Waals surface area (Å²) in [5.74, 6) is -0.629. The topological polar surface area (TPSA) is 89.7 Å². The van der Waals surface area contributed by atoms with E-state index in [1.807, 2.05) is 43.3 Å². The molecule has 0 aromatic heterocycles. The molecule has 1 aliphatic rings. The first kappa shape index (κ1) is 17.0. The third-order valence-electron chi connectivity index (χ3n) is 3.69. The Kier molecular flexibility index (Phi) is 4.76. The summed E-state index contributed by atoms with van der Waals surface area (Å²) in [6, 6.07) is 11.5. The van der Waals surface area contributed by atoms with Crippen molar-refractivity contribution in [2.45, 2.75) is 6.92 Å². The summed E-state index contributed by atoms with van der Waals surface area (Å²) in [6.07, 6.45) is 1.64. The van der Waals surface area contributed by atoms with Crippen molar-refractivity contribution in [1.82, 2.24) is 4.90 Å². The molecule has 3 rings (SSSR count). The van der Waals surface area contributed by atoms with Crippen molar-refractivity contribution in [3.8, 4) is 5.75 Å². The number of rotatable bonds is 5. The number of fused-ring (bicyclic) bond motifs is 1. The summed E-state index contributed by atoms with van der Waals surface area (Å²) in [5, 5.41) is 1.40. The lowest BCUT2D eigenvalue weighted by atomic mass is 10.0. The second-order valence-electron chi connectivity index (χ2n) is 5.37. The minimum absolute atomic E-state index is 0.239. The average molecular weight is 356 g/mol. The highest BCUT2D eigenvalue weighted by atomic mass is 32.2. The van der Waals surface area contributed by atoms with E-state index >= 15 is 0 Å². The molecular weight excluding hydrogens is 340 g/mol. The lowest BCUT2D eigenvalue weighted by molar-refractivity contribution is -0.127. The quantitative estimate of drug-likeness (QED) is 0.832. The molecular formula is C18H16N2O4S. The molecule has 0 unspecified atom stereocenters. The van der Waals surface area contributed by atoms with Gasteiger partial charge in [-0.1, -0.05) is 30.3 Å². The molecule has 0 bridgehead atoms. The SMILES string of the molecule is CCOc1ccc2ccccc2c1/C=C1\SC(=O)N(CC(N)=O)C1=O. The van der Waals surface area contributed by atoms with Gasteiger partial charge in [-0.15, -0.1) is 0 Å². The van der Waals surface area contributed by atoms with Crippen molar-refractivity contribution in [3.05, 3.63) is 46.9 Å². The number of carbonyl (C=O) groups is 3. The molecule has 1 heterocycles. The molecule has 1 fully saturated rings. The Morgan fingerprint density at radius 3 is 2.72 bits per heavy atom. The van der Waals surface area contributed by atoms with E-state index in [-0.39, 0.29) is 4.91 Å². The third kappa shape index (κ3) is 3.36. The molecule has 6 nitrogen and oxygen atoms in total. The average Bonchev–Trinajstić information content (AvgIpc) is 2.84. The fraction of sp³-hybridized carbons (Fsp3) is 0.167. The third-order valence-corrected chi connectivity index (χ3v) is 4.60. The lowest BCUT2D eigenvalue weighted by Crippen LogP contribution is -2.36. The van der Waals surface area contributed by atoms with Gasteiger partial charge >= 0.3 is 0 Å². The van der Waals surface area contributed by atoms with Crippen LogP contribution in [0.3, 0.4) is 0 Å². The molecule has 0 atom stereocenters. The molecule has 3 amide bonds. The largest absolute Gasteiger partial charge is 0.493 e. The van der Waals surface area contributed by atoms with Gasteiger partial charge in [0.05, 0.1) is 11.5 Å². The van der Waals surface area contributed by atoms with Crippen molar-refractivity contribution in [3.63, 3.8) is 0 Å². The number of thioether (sulfide) groups is 1. The van der Waals surface area contributed by atoms with E-state index < -0.39 is 23.6 Å². The van der Waals surface area contributed by atoms with Crippen LogP contribution in [-0.2, 0) is 9.59 Å². The van der Waals surface area contributed by atoms with Crippen LogP contribution in [0.5, 0.6) is 5.75 Å². The molecule has 7 heteroatoms. The molecule has 2 aromatic rings. The fourth-order valence-corrected chi connectivity index (χ4v) is 3.45. The number of nitrogens with zero attached hydrogens (tertiary/aromatic N) is 1. The predicted octanol–water partition coefficient (Wildman–Crippen LogP) is 2.76. The Bertz CT molecular complexity index is 907. The highest BCUT2D eigenvalue weighted by Gasteiger charge is 2.36. The summed E-state index contributed by atoms with van der Waals surface area (Å²) in [5.41, 5.74) is 5.83. The number of carbonyl (C=O) groups excluding carboxylic acids is 3. The first-order valence-corrected chi connectivity index (χ1v) is 8.51. The van der Waals surface area contributed by atoms with Gasteiger partial charge in [-0.3, -0.25) is 19.3 Å². The van der Waals surface area contributed by atoms with E-state index in [1.165, 1.54) is 0 Å². The number of hydrogen-bond donors (Lipinski definition) is 1. The van der Waals surface area contributed by atoms with Crippen molar-refractivity contribution < 1.29 is 19.1 Å². The zero-order valence-electron chi connectivity index (χ0n) is 13.5. The number of hydrogen-bond acceptors (Lipinski definition) is 5. The maximum absolute atomic E-state index is 12.4. The molecule has 2 N–H and O–H groups in total. The summed E-state index contributed by atoms with van der Waals surface area (Å²) >= 11 is 0.789. The first-order chi connectivity index (χ1) is 12.0. The van der Waals surface area contributed by atoms with Crippen LogP contribution in [0.2, 0.25) is 0 Å². The van der Waals surface area contributed by atoms with E-state index in [4.69, 9.17) is 10.5 Å². The Labute approximate surface area is 148 Å². The van der Waals surface area contributed by atoms with E-state index in [0.717, 1.165) is 33.0 Å². The van der Waals surface area contributed by atoms with Gasteiger partial charge in [0.2, 0.25) is 5.91 Å². The van der Waals surface area contributed by atoms with Gasteiger partial charge in [-0.05, 0) is 41.6 Å². The molecule has 0 saturated carbocycles. The second-order valence-corrected chi connectivity index (χ2v) is 6.36. The van der Waals surface area contributed by atoms with Crippen LogP contribution in [0.1, 0.15) is 12.5 Å². The number of ether oxygens (including phenoxy) is 1. The fourth-order valence-electron chi connectivity index (χ4n) is 2.63. The predicted molar refractivity (Wildman–Crippen MR) is 97.0 cm³/mol. The molecule has 128 valence electrons. The van der Waals surface area contributed by atoms with Gasteiger partial charge in [0.1, 0.15) is 12.3 Å². The molecule has 2 aromatic carbocycles. The van der Waals surface area contributed by atoms with Gasteiger partial charge in [-0.25, -0.2) is 0 Å². The zero-order chi connectivity index (χ0) is 18.0. The highest BCUT2D eigenvalue weighted by molar-refractivity contribution is 8.18. The Balaban J connectivity index is 2.08. The molecule has 1 saturated heterocycles. The molecule has 0 radical (unpaired) electrons. The molecule has 0 spiro atoms. The minimum atomic E-state index is -0.733. The van der Waals surface area contributed by atoms with Crippen LogP contribution in [0, 0.1) is 0 Å². The summed E-state index contributed by atoms with van der Waals surface area (Å²) in [6.45, 7) is 1.93. The monoisotopic (exact) mass is 356 g/mol. The van der Waals surface area contributed by atoms with E-state index in [1.54, 1.807) is 6.08 Å². The summed E-state index contributed by atoms with van der Waals surface area (Å²) in [7, 11) is 0. The van der Waals surface area contributed by atoms with E-state index in [0.29, 0.717) is 12.4 Å². The number of nitrogens with two attached hydrogens (primary N) is 1. The van der Waals surface area contributed by atoms with Gasteiger partial charge < -0.3 is 10.5 Å². The second kappa shape index (κ2) is 6.98. The van der Waals surface area contributed by atoms with E-state index in [9.17, 15) is 14.4 Å². The number of imide groups is 1. The van der Waals surface area contributed by atoms with Crippen LogP contribution >= 0.6 is 11.8 Å². The Morgan fingerprint density at radius 1 is 1.24 bits per heavy atom. The molecule has 25 heavy (non-hydrogen) atoms. The number of amides is 3. The molecule has 0 aliphatic carbocycles. The Hall–Kier alpha value is -2.80. The number of primary amides is 1. The Morgan fingerprint density at radius 2 is 2.00 bits per heavy atom. The summed E-state index contributed by atoms with van der Waals surface area (Å²) < 4.78 is 5.67. The van der Waals surface area contributed by atoms with Gasteiger partial charge in [0.15, 0.2) is 0 Å². The van der Waals surface area contributed by atoms with Gasteiger partial charge in [-0.2, -0.15) is 0 Å². The first-order valence-electron chi connectivity index (χ1n) is 7.69. The maximum Gasteiger partial charge on any atom is 0.294 e. The lowest BCUT2D eigenvalue weighted by Gasteiger charge is -2.11. The van der Waals surface area contributed by atoms with Crippen molar-refractivity contribution in [2.75, 3.05) is 13.2 Å². The van der Waals surface area contributed by atoms with Crippen LogP contribution in [0.15, 0.2) is 41.3 Å². The standard InChI is InChI=1S/C18H16N2O4S/c1-2-24-14-8-7-11-5-3-4-6-12(11)13(14)9-15-17(22)20(10-16(19)21)18(23)25-15/h3-9H,2,10H2,1H3,(H2,19,21)/b15-9-. The van der Waals surface area contributed by atoms with Gasteiger partial charge in [0.25, 0.3) is 11.1 Å². The number of benzene rings is 2.